The van der Waals surface area contributed by atoms with E-state index in [1.54, 1.807) is 11.8 Å². The first-order valence-corrected chi connectivity index (χ1v) is 17.3. The van der Waals surface area contributed by atoms with Crippen LogP contribution in [0.2, 0.25) is 0 Å². The molecule has 2 atom stereocenters. The van der Waals surface area contributed by atoms with Gasteiger partial charge in [0.1, 0.15) is 22.9 Å². The summed E-state index contributed by atoms with van der Waals surface area (Å²) in [7, 11) is 0. The molecule has 5 rings (SSSR count). The van der Waals surface area contributed by atoms with E-state index in [2.05, 4.69) is 4.98 Å². The van der Waals surface area contributed by atoms with Crippen LogP contribution in [0.25, 0.3) is 10.9 Å². The maximum absolute atomic E-state index is 13.3. The average molecular weight is 711 g/mol. The summed E-state index contributed by atoms with van der Waals surface area (Å²) in [5.41, 5.74) is 2.48. The first kappa shape index (κ1) is 37.4. The van der Waals surface area contributed by atoms with Crippen molar-refractivity contribution in [2.24, 2.45) is 5.92 Å². The smallest absolute Gasteiger partial charge is 0.422 e. The minimum Gasteiger partial charge on any atom is -0.493 e. The van der Waals surface area contributed by atoms with Crippen LogP contribution in [-0.2, 0) is 27.1 Å². The molecule has 0 aliphatic carbocycles. The molecular weight excluding hydrogens is 665 g/mol. The summed E-state index contributed by atoms with van der Waals surface area (Å²) in [6.07, 6.45) is 3.02. The van der Waals surface area contributed by atoms with Gasteiger partial charge in [-0.25, -0.2) is 9.78 Å². The van der Waals surface area contributed by atoms with E-state index in [1.807, 2.05) is 74.9 Å². The average Bonchev–Trinajstić information content (AvgIpc) is 3.49. The second kappa shape index (κ2) is 16.0. The Kier molecular flexibility index (Phi) is 11.8. The summed E-state index contributed by atoms with van der Waals surface area (Å²) in [6, 6.07) is 12.3. The van der Waals surface area contributed by atoms with Gasteiger partial charge in [-0.3, -0.25) is 14.7 Å². The highest BCUT2D eigenvalue weighted by atomic mass is 19.4. The molecule has 0 saturated carbocycles. The summed E-state index contributed by atoms with van der Waals surface area (Å²) in [5.74, 6) is 0.160. The fraction of sp³-hybridized carbons (Fsp3) is 0.474. The molecule has 0 N–H and O–H groups in total. The summed E-state index contributed by atoms with van der Waals surface area (Å²) in [4.78, 5) is 36.8. The molecular formula is C38H45F3N4O6. The van der Waals surface area contributed by atoms with Gasteiger partial charge < -0.3 is 23.5 Å². The summed E-state index contributed by atoms with van der Waals surface area (Å²) < 4.78 is 62.9. The van der Waals surface area contributed by atoms with Crippen molar-refractivity contribution in [3.8, 4) is 11.5 Å². The lowest BCUT2D eigenvalue weighted by molar-refractivity contribution is -0.153. The minimum absolute atomic E-state index is 0.0490. The van der Waals surface area contributed by atoms with Crippen LogP contribution >= 0.6 is 0 Å². The molecule has 4 aromatic rings. The minimum atomic E-state index is -4.51. The van der Waals surface area contributed by atoms with Gasteiger partial charge >= 0.3 is 18.2 Å². The number of benzene rings is 1. The number of ether oxygens (including phenoxy) is 4. The SMILES string of the molecule is CCCC(C(=O)OCC)C(c1cncc(OCC(F)(F)F)c1)n1ccc2cc(OCCc3ccc4c(n3)N(C(=O)OC(C)(C)C)CCC4)ccc21. The van der Waals surface area contributed by atoms with Crippen LogP contribution in [0.1, 0.15) is 76.7 Å². The molecule has 4 heterocycles. The Morgan fingerprint density at radius 2 is 1.78 bits per heavy atom. The molecule has 1 aliphatic heterocycles. The highest BCUT2D eigenvalue weighted by Gasteiger charge is 2.34. The molecule has 274 valence electrons. The lowest BCUT2D eigenvalue weighted by Crippen LogP contribution is -2.40. The number of carbonyl (C=O) groups is 2. The van der Waals surface area contributed by atoms with Crippen molar-refractivity contribution < 1.29 is 41.7 Å². The van der Waals surface area contributed by atoms with Crippen molar-refractivity contribution in [1.29, 1.82) is 0 Å². The Bertz CT molecular complexity index is 1820. The molecule has 10 nitrogen and oxygen atoms in total. The number of alkyl halides is 3. The summed E-state index contributed by atoms with van der Waals surface area (Å²) in [6.45, 7) is 8.82. The summed E-state index contributed by atoms with van der Waals surface area (Å²) >= 11 is 0. The number of carbonyl (C=O) groups excluding carboxylic acids is 2. The van der Waals surface area contributed by atoms with Crippen molar-refractivity contribution in [2.75, 3.05) is 31.3 Å². The van der Waals surface area contributed by atoms with Gasteiger partial charge in [0, 0.05) is 42.0 Å². The molecule has 51 heavy (non-hydrogen) atoms. The predicted molar refractivity (Wildman–Crippen MR) is 186 cm³/mol. The van der Waals surface area contributed by atoms with Crippen molar-refractivity contribution in [1.82, 2.24) is 14.5 Å². The van der Waals surface area contributed by atoms with E-state index in [1.165, 1.54) is 18.5 Å². The number of rotatable bonds is 13. The molecule has 0 saturated heterocycles. The third-order valence-corrected chi connectivity index (χ3v) is 8.38. The van der Waals surface area contributed by atoms with E-state index in [0.717, 1.165) is 35.0 Å². The Morgan fingerprint density at radius 3 is 2.51 bits per heavy atom. The number of pyridine rings is 2. The van der Waals surface area contributed by atoms with Gasteiger partial charge in [-0.1, -0.05) is 19.4 Å². The molecule has 1 aromatic carbocycles. The molecule has 0 radical (unpaired) electrons. The molecule has 2 unspecified atom stereocenters. The van der Waals surface area contributed by atoms with Crippen LogP contribution < -0.4 is 14.4 Å². The van der Waals surface area contributed by atoms with Crippen molar-refractivity contribution >= 4 is 28.8 Å². The number of fused-ring (bicyclic) bond motifs is 2. The van der Waals surface area contributed by atoms with E-state index in [-0.39, 0.29) is 12.4 Å². The lowest BCUT2D eigenvalue weighted by atomic mass is 9.89. The van der Waals surface area contributed by atoms with E-state index >= 15 is 0 Å². The van der Waals surface area contributed by atoms with Crippen molar-refractivity contribution in [3.05, 3.63) is 77.9 Å². The maximum atomic E-state index is 13.3. The van der Waals surface area contributed by atoms with E-state index in [0.29, 0.717) is 49.5 Å². The fourth-order valence-electron chi connectivity index (χ4n) is 6.25. The lowest BCUT2D eigenvalue weighted by Gasteiger charge is -2.31. The largest absolute Gasteiger partial charge is 0.493 e. The van der Waals surface area contributed by atoms with Gasteiger partial charge in [0.05, 0.1) is 31.4 Å². The monoisotopic (exact) mass is 710 g/mol. The number of nitrogens with zero attached hydrogens (tertiary/aromatic N) is 4. The van der Waals surface area contributed by atoms with Crippen molar-refractivity contribution in [2.45, 2.75) is 84.5 Å². The third-order valence-electron chi connectivity index (χ3n) is 8.38. The second-order valence-electron chi connectivity index (χ2n) is 13.5. The number of anilines is 1. The van der Waals surface area contributed by atoms with E-state index < -0.39 is 42.4 Å². The van der Waals surface area contributed by atoms with Gasteiger partial charge in [-0.05, 0) is 94.5 Å². The predicted octanol–water partition coefficient (Wildman–Crippen LogP) is 8.25. The number of amides is 1. The molecule has 1 amide bonds. The maximum Gasteiger partial charge on any atom is 0.422 e. The van der Waals surface area contributed by atoms with Gasteiger partial charge in [0.25, 0.3) is 0 Å². The standard InChI is InChI=1S/C38H45F3N4O6/c1-6-9-31(35(46)48-7-2)33(27-21-30(23-42-22-27)50-24-38(39,40)41)44-18-15-26-20-29(13-14-32(26)44)49-19-16-28-12-11-25-10-8-17-45(34(25)43-28)36(47)51-37(3,4)5/h11-15,18,20-23,31,33H,6-10,16-17,19,24H2,1-5H3. The Labute approximate surface area is 295 Å². The number of hydrogen-bond acceptors (Lipinski definition) is 8. The van der Waals surface area contributed by atoms with Gasteiger partial charge in [-0.2, -0.15) is 13.2 Å². The third kappa shape index (κ3) is 9.71. The first-order chi connectivity index (χ1) is 24.3. The molecule has 3 aromatic heterocycles. The summed E-state index contributed by atoms with van der Waals surface area (Å²) in [5, 5.41) is 0.842. The van der Waals surface area contributed by atoms with Crippen LogP contribution in [0, 0.1) is 5.92 Å². The van der Waals surface area contributed by atoms with Crippen LogP contribution in [0.5, 0.6) is 11.5 Å². The number of esters is 1. The molecule has 0 fully saturated rings. The zero-order valence-corrected chi connectivity index (χ0v) is 29.7. The number of aryl methyl sites for hydroxylation is 1. The number of hydrogen-bond donors (Lipinski definition) is 0. The second-order valence-corrected chi connectivity index (χ2v) is 13.5. The molecule has 1 aliphatic rings. The van der Waals surface area contributed by atoms with Crippen molar-refractivity contribution in [3.63, 3.8) is 0 Å². The number of halogens is 3. The Hall–Kier alpha value is -4.81. The molecule has 13 heteroatoms. The molecule has 0 bridgehead atoms. The van der Waals surface area contributed by atoms with Gasteiger partial charge in [0.2, 0.25) is 0 Å². The quantitative estimate of drug-likeness (QED) is 0.128. The highest BCUT2D eigenvalue weighted by molar-refractivity contribution is 5.88. The topological polar surface area (TPSA) is 105 Å². The highest BCUT2D eigenvalue weighted by Crippen LogP contribution is 2.37. The van der Waals surface area contributed by atoms with Crippen LogP contribution in [0.3, 0.4) is 0 Å². The first-order valence-electron chi connectivity index (χ1n) is 17.3. The zero-order valence-electron chi connectivity index (χ0n) is 29.7. The van der Waals surface area contributed by atoms with E-state index in [4.69, 9.17) is 23.9 Å². The van der Waals surface area contributed by atoms with Crippen LogP contribution in [0.4, 0.5) is 23.8 Å². The van der Waals surface area contributed by atoms with E-state index in [9.17, 15) is 22.8 Å². The van der Waals surface area contributed by atoms with Gasteiger partial charge in [-0.15, -0.1) is 0 Å². The normalized spacial score (nSPS) is 14.5. The zero-order chi connectivity index (χ0) is 36.8. The number of aromatic nitrogens is 3. The fourth-order valence-corrected chi connectivity index (χ4v) is 6.25. The Morgan fingerprint density at radius 1 is 0.980 bits per heavy atom. The molecule has 0 spiro atoms. The van der Waals surface area contributed by atoms with Gasteiger partial charge in [0.15, 0.2) is 6.61 Å². The van der Waals surface area contributed by atoms with Crippen LogP contribution in [-0.4, -0.2) is 64.7 Å². The Balaban J connectivity index is 1.36. The van der Waals surface area contributed by atoms with Crippen LogP contribution in [0.15, 0.2) is 61.1 Å².